The molecule has 0 bridgehead atoms. The third-order valence-corrected chi connectivity index (χ3v) is 4.70. The summed E-state index contributed by atoms with van der Waals surface area (Å²) < 4.78 is 5.33. The number of ether oxygens (including phenoxy) is 1. The number of halogens is 1. The molecule has 0 radical (unpaired) electrons. The van der Waals surface area contributed by atoms with E-state index in [1.165, 1.54) is 12.4 Å². The van der Waals surface area contributed by atoms with Gasteiger partial charge in [0.05, 0.1) is 24.4 Å². The van der Waals surface area contributed by atoms with Crippen LogP contribution in [0.4, 0.5) is 11.6 Å². The number of amides is 1. The molecule has 6 nitrogen and oxygen atoms in total. The third-order valence-electron chi connectivity index (χ3n) is 4.29. The highest BCUT2D eigenvalue weighted by molar-refractivity contribution is 6.31. The van der Waals surface area contributed by atoms with Crippen LogP contribution in [0.1, 0.15) is 34.5 Å². The van der Waals surface area contributed by atoms with E-state index in [0.717, 1.165) is 11.1 Å². The largest absolute Gasteiger partial charge is 0.495 e. The molecule has 2 N–H and O–H groups in total. The van der Waals surface area contributed by atoms with Crippen LogP contribution in [0.15, 0.2) is 54.9 Å². The van der Waals surface area contributed by atoms with Crippen LogP contribution in [0.5, 0.6) is 5.75 Å². The molecule has 3 rings (SSSR count). The highest BCUT2D eigenvalue weighted by Gasteiger charge is 2.13. The lowest BCUT2D eigenvalue weighted by Gasteiger charge is -2.14. The molecule has 1 aromatic heterocycles. The Bertz CT molecular complexity index is 962. The molecule has 144 valence electrons. The lowest BCUT2D eigenvalue weighted by Crippen LogP contribution is -2.26. The fourth-order valence-corrected chi connectivity index (χ4v) is 2.82. The summed E-state index contributed by atoms with van der Waals surface area (Å²) in [7, 11) is 1.56. The number of hydrogen-bond donors (Lipinski definition) is 2. The minimum atomic E-state index is -0.233. The van der Waals surface area contributed by atoms with E-state index in [1.807, 2.05) is 50.2 Å². The first-order chi connectivity index (χ1) is 13.5. The van der Waals surface area contributed by atoms with Crippen LogP contribution >= 0.6 is 11.6 Å². The number of nitrogens with one attached hydrogen (secondary N) is 2. The Morgan fingerprint density at radius 3 is 2.46 bits per heavy atom. The molecule has 0 aliphatic heterocycles. The first kappa shape index (κ1) is 19.6. The van der Waals surface area contributed by atoms with Crippen molar-refractivity contribution in [3.05, 3.63) is 76.6 Å². The van der Waals surface area contributed by atoms with Gasteiger partial charge in [0.15, 0.2) is 0 Å². The molecule has 1 atom stereocenters. The van der Waals surface area contributed by atoms with Crippen molar-refractivity contribution in [2.75, 3.05) is 12.4 Å². The average molecular weight is 397 g/mol. The minimum Gasteiger partial charge on any atom is -0.495 e. The molecule has 1 amide bonds. The molecule has 1 heterocycles. The third kappa shape index (κ3) is 4.58. The predicted octanol–water partition coefficient (Wildman–Crippen LogP) is 4.68. The number of hydrogen-bond acceptors (Lipinski definition) is 5. The van der Waals surface area contributed by atoms with Crippen molar-refractivity contribution >= 4 is 29.1 Å². The fourth-order valence-electron chi connectivity index (χ4n) is 2.67. The minimum absolute atomic E-state index is 0.118. The quantitative estimate of drug-likeness (QED) is 0.632. The number of anilines is 2. The predicted molar refractivity (Wildman–Crippen MR) is 110 cm³/mol. The number of methoxy groups -OCH3 is 1. The van der Waals surface area contributed by atoms with Crippen molar-refractivity contribution in [2.24, 2.45) is 0 Å². The molecule has 0 spiro atoms. The van der Waals surface area contributed by atoms with Crippen molar-refractivity contribution in [3.8, 4) is 5.75 Å². The van der Waals surface area contributed by atoms with Gasteiger partial charge in [-0.3, -0.25) is 4.79 Å². The Balaban J connectivity index is 1.70. The van der Waals surface area contributed by atoms with Crippen LogP contribution in [0.25, 0.3) is 0 Å². The summed E-state index contributed by atoms with van der Waals surface area (Å²) in [6.07, 6.45) is 2.97. The zero-order valence-electron chi connectivity index (χ0n) is 15.9. The Labute approximate surface area is 168 Å². The zero-order valence-corrected chi connectivity index (χ0v) is 16.6. The van der Waals surface area contributed by atoms with Crippen molar-refractivity contribution in [1.82, 2.24) is 15.3 Å². The summed E-state index contributed by atoms with van der Waals surface area (Å²) >= 11 is 6.13. The summed E-state index contributed by atoms with van der Waals surface area (Å²) in [5, 5.41) is 6.64. The van der Waals surface area contributed by atoms with E-state index >= 15 is 0 Å². The van der Waals surface area contributed by atoms with Gasteiger partial charge in [-0.25, -0.2) is 9.97 Å². The van der Waals surface area contributed by atoms with Crippen molar-refractivity contribution in [3.63, 3.8) is 0 Å². The molecule has 3 aromatic rings. The van der Waals surface area contributed by atoms with Gasteiger partial charge in [0, 0.05) is 23.5 Å². The molecular formula is C21H21ClN4O2. The number of carbonyl (C=O) groups is 1. The molecule has 0 aliphatic rings. The van der Waals surface area contributed by atoms with Crippen molar-refractivity contribution in [2.45, 2.75) is 19.9 Å². The van der Waals surface area contributed by atoms with Gasteiger partial charge in [0.2, 0.25) is 5.95 Å². The van der Waals surface area contributed by atoms with Gasteiger partial charge >= 0.3 is 0 Å². The molecule has 0 saturated heterocycles. The van der Waals surface area contributed by atoms with Crippen molar-refractivity contribution < 1.29 is 9.53 Å². The second kappa shape index (κ2) is 8.71. The van der Waals surface area contributed by atoms with Crippen LogP contribution in [0, 0.1) is 6.92 Å². The molecule has 28 heavy (non-hydrogen) atoms. The number of aromatic nitrogens is 2. The summed E-state index contributed by atoms with van der Waals surface area (Å²) in [6, 6.07) is 13.2. The molecule has 0 fully saturated rings. The molecular weight excluding hydrogens is 376 g/mol. The highest BCUT2D eigenvalue weighted by Crippen LogP contribution is 2.32. The SMILES string of the molecule is COc1cc(Cl)c(C)cc1Nc1ncc(C(=O)NC(C)c2ccccc2)cn1. The van der Waals surface area contributed by atoms with E-state index in [2.05, 4.69) is 20.6 Å². The Morgan fingerprint density at radius 1 is 1.14 bits per heavy atom. The summed E-state index contributed by atoms with van der Waals surface area (Å²) in [4.78, 5) is 20.9. The van der Waals surface area contributed by atoms with Crippen LogP contribution in [0.2, 0.25) is 5.02 Å². The maximum absolute atomic E-state index is 12.4. The van der Waals surface area contributed by atoms with E-state index in [0.29, 0.717) is 28.0 Å². The Hall–Kier alpha value is -3.12. The standard InChI is InChI=1S/C21H21ClN4O2/c1-13-9-18(19(28-3)10-17(13)22)26-21-23-11-16(12-24-21)20(27)25-14(2)15-7-5-4-6-8-15/h4-12,14H,1-3H3,(H,25,27)(H,23,24,26). The highest BCUT2D eigenvalue weighted by atomic mass is 35.5. The summed E-state index contributed by atoms with van der Waals surface area (Å²) in [5.41, 5.74) is 3.00. The van der Waals surface area contributed by atoms with Gasteiger partial charge in [0.25, 0.3) is 5.91 Å². The number of carbonyl (C=O) groups excluding carboxylic acids is 1. The van der Waals surface area contributed by atoms with Gasteiger partial charge in [-0.1, -0.05) is 41.9 Å². The number of benzene rings is 2. The van der Waals surface area contributed by atoms with E-state index in [9.17, 15) is 4.79 Å². The molecule has 0 saturated carbocycles. The number of nitrogens with zero attached hydrogens (tertiary/aromatic N) is 2. The average Bonchev–Trinajstić information content (AvgIpc) is 2.71. The van der Waals surface area contributed by atoms with E-state index in [-0.39, 0.29) is 11.9 Å². The van der Waals surface area contributed by atoms with Crippen LogP contribution in [-0.4, -0.2) is 23.0 Å². The fraction of sp³-hybridized carbons (Fsp3) is 0.190. The maximum atomic E-state index is 12.4. The second-order valence-electron chi connectivity index (χ2n) is 6.33. The Kier molecular flexibility index (Phi) is 6.11. The monoisotopic (exact) mass is 396 g/mol. The van der Waals surface area contributed by atoms with Crippen LogP contribution in [-0.2, 0) is 0 Å². The zero-order chi connectivity index (χ0) is 20.1. The first-order valence-electron chi connectivity index (χ1n) is 8.77. The summed E-state index contributed by atoms with van der Waals surface area (Å²) in [6.45, 7) is 3.83. The second-order valence-corrected chi connectivity index (χ2v) is 6.74. The summed E-state index contributed by atoms with van der Waals surface area (Å²) in [5.74, 6) is 0.702. The number of aryl methyl sites for hydroxylation is 1. The normalized spacial score (nSPS) is 11.6. The van der Waals surface area contributed by atoms with Crippen LogP contribution < -0.4 is 15.4 Å². The number of rotatable bonds is 6. The Morgan fingerprint density at radius 2 is 1.82 bits per heavy atom. The lowest BCUT2D eigenvalue weighted by molar-refractivity contribution is 0.0939. The smallest absolute Gasteiger partial charge is 0.254 e. The van der Waals surface area contributed by atoms with Crippen molar-refractivity contribution in [1.29, 1.82) is 0 Å². The molecule has 0 aliphatic carbocycles. The van der Waals surface area contributed by atoms with E-state index < -0.39 is 0 Å². The lowest BCUT2D eigenvalue weighted by atomic mass is 10.1. The molecule has 7 heteroatoms. The van der Waals surface area contributed by atoms with Gasteiger partial charge in [-0.15, -0.1) is 0 Å². The molecule has 1 unspecified atom stereocenters. The topological polar surface area (TPSA) is 76.1 Å². The van der Waals surface area contributed by atoms with Gasteiger partial charge in [-0.2, -0.15) is 0 Å². The van der Waals surface area contributed by atoms with E-state index in [1.54, 1.807) is 13.2 Å². The van der Waals surface area contributed by atoms with Gasteiger partial charge in [-0.05, 0) is 31.0 Å². The van der Waals surface area contributed by atoms with Gasteiger partial charge in [0.1, 0.15) is 5.75 Å². The maximum Gasteiger partial charge on any atom is 0.254 e. The van der Waals surface area contributed by atoms with E-state index in [4.69, 9.17) is 16.3 Å². The van der Waals surface area contributed by atoms with Gasteiger partial charge < -0.3 is 15.4 Å². The van der Waals surface area contributed by atoms with Crippen LogP contribution in [0.3, 0.4) is 0 Å². The molecule has 2 aromatic carbocycles. The first-order valence-corrected chi connectivity index (χ1v) is 9.14.